The zero-order chi connectivity index (χ0) is 34.7. The third kappa shape index (κ3) is 8.39. The summed E-state index contributed by atoms with van der Waals surface area (Å²) in [6.07, 6.45) is 0.928. The lowest BCUT2D eigenvalue weighted by atomic mass is 10.1. The Balaban J connectivity index is 1.78. The summed E-state index contributed by atoms with van der Waals surface area (Å²) in [5.74, 6) is -0.236. The fourth-order valence-electron chi connectivity index (χ4n) is 4.19. The van der Waals surface area contributed by atoms with Crippen LogP contribution >= 0.6 is 7.82 Å². The zero-order valence-electron chi connectivity index (χ0n) is 27.6. The Morgan fingerprint density at radius 1 is 1.13 bits per heavy atom. The maximum atomic E-state index is 15.6. The third-order valence-corrected chi connectivity index (χ3v) is 7.90. The number of fused-ring (bicyclic) bond motifs is 1. The fourth-order valence-corrected chi connectivity index (χ4v) is 5.64. The minimum Gasteiger partial charge on any atom is -0.493 e. The molecule has 0 saturated heterocycles. The molecule has 254 valence electrons. The molecule has 1 aromatic carbocycles. The molecule has 4 rings (SSSR count). The maximum Gasteiger partial charge on any atom is 0.531 e. The number of amides is 1. The number of nitrogens with one attached hydrogen (secondary N) is 2. The molecule has 2 aromatic heterocycles. The standard InChI is InChI=1S/C30H38FN6O9P/c1-17(2)45-47(39,46-29(3,4)5)43-16-37(23-12-11-20-25(34-23)35-27(38)30(6,7)44-20)26-19(31)15-32-28(36-26)33-18-13-21(40-8)24(42-10)22(14-18)41-9/h11-15H,1,16H2,2-10H3,(H,32,33,36)(H,34,35,38). The first kappa shape index (κ1) is 35.2. The Kier molecular flexibility index (Phi) is 10.2. The second-order valence-corrected chi connectivity index (χ2v) is 13.1. The van der Waals surface area contributed by atoms with Crippen molar-refractivity contribution in [1.29, 1.82) is 0 Å². The Hall–Kier alpha value is -4.66. The Bertz CT molecular complexity index is 1690. The molecule has 0 aliphatic carbocycles. The van der Waals surface area contributed by atoms with Gasteiger partial charge < -0.3 is 34.1 Å². The molecular formula is C30H38FN6O9P. The van der Waals surface area contributed by atoms with Crippen LogP contribution in [0.15, 0.2) is 42.8 Å². The number of anilines is 5. The van der Waals surface area contributed by atoms with Gasteiger partial charge in [0.2, 0.25) is 11.7 Å². The van der Waals surface area contributed by atoms with Crippen LogP contribution in [0.4, 0.5) is 33.5 Å². The molecule has 1 aliphatic heterocycles. The highest BCUT2D eigenvalue weighted by Crippen LogP contribution is 2.54. The Morgan fingerprint density at radius 2 is 1.79 bits per heavy atom. The predicted molar refractivity (Wildman–Crippen MR) is 171 cm³/mol. The Morgan fingerprint density at radius 3 is 2.36 bits per heavy atom. The summed E-state index contributed by atoms with van der Waals surface area (Å²) in [4.78, 5) is 26.7. The average Bonchev–Trinajstić information content (AvgIpc) is 2.97. The second kappa shape index (κ2) is 13.6. The summed E-state index contributed by atoms with van der Waals surface area (Å²) >= 11 is 0. The van der Waals surface area contributed by atoms with Crippen LogP contribution < -0.4 is 34.5 Å². The molecule has 0 bridgehead atoms. The highest BCUT2D eigenvalue weighted by atomic mass is 31.2. The summed E-state index contributed by atoms with van der Waals surface area (Å²) in [5.41, 5.74) is -1.69. The maximum absolute atomic E-state index is 15.6. The number of methoxy groups -OCH3 is 3. The molecule has 0 saturated carbocycles. The lowest BCUT2D eigenvalue weighted by molar-refractivity contribution is -0.129. The van der Waals surface area contributed by atoms with Gasteiger partial charge in [-0.15, -0.1) is 0 Å². The lowest BCUT2D eigenvalue weighted by Crippen LogP contribution is -2.46. The van der Waals surface area contributed by atoms with Crippen molar-refractivity contribution in [3.05, 3.63) is 48.6 Å². The van der Waals surface area contributed by atoms with Gasteiger partial charge in [-0.2, -0.15) is 4.98 Å². The van der Waals surface area contributed by atoms with Crippen molar-refractivity contribution in [2.24, 2.45) is 0 Å². The van der Waals surface area contributed by atoms with E-state index in [1.165, 1.54) is 40.4 Å². The van der Waals surface area contributed by atoms with E-state index in [-0.39, 0.29) is 34.9 Å². The topological polar surface area (TPSA) is 165 Å². The van der Waals surface area contributed by atoms with Crippen LogP contribution in [0.3, 0.4) is 0 Å². The third-order valence-electron chi connectivity index (χ3n) is 6.16. The van der Waals surface area contributed by atoms with Crippen molar-refractivity contribution in [3.63, 3.8) is 0 Å². The van der Waals surface area contributed by atoms with Gasteiger partial charge in [0.05, 0.1) is 38.9 Å². The van der Waals surface area contributed by atoms with Gasteiger partial charge in [-0.3, -0.25) is 18.7 Å². The van der Waals surface area contributed by atoms with E-state index >= 15 is 4.39 Å². The zero-order valence-corrected chi connectivity index (χ0v) is 28.5. The van der Waals surface area contributed by atoms with E-state index < -0.39 is 37.5 Å². The van der Waals surface area contributed by atoms with Crippen molar-refractivity contribution in [2.45, 2.75) is 52.7 Å². The molecule has 1 unspecified atom stereocenters. The summed E-state index contributed by atoms with van der Waals surface area (Å²) in [6, 6.07) is 6.24. The second-order valence-electron chi connectivity index (χ2n) is 11.6. The fraction of sp³-hybridized carbons (Fsp3) is 0.400. The van der Waals surface area contributed by atoms with Gasteiger partial charge in [0, 0.05) is 17.8 Å². The van der Waals surface area contributed by atoms with Gasteiger partial charge >= 0.3 is 7.82 Å². The number of phosphoric ester groups is 1. The van der Waals surface area contributed by atoms with Crippen LogP contribution in [0.25, 0.3) is 0 Å². The number of rotatable bonds is 13. The molecule has 1 atom stereocenters. The van der Waals surface area contributed by atoms with Gasteiger partial charge in [0.25, 0.3) is 5.91 Å². The molecule has 15 nitrogen and oxygen atoms in total. The van der Waals surface area contributed by atoms with Gasteiger partial charge in [-0.25, -0.2) is 18.9 Å². The van der Waals surface area contributed by atoms with Crippen molar-refractivity contribution < 1.29 is 46.3 Å². The molecule has 17 heteroatoms. The molecular weight excluding hydrogens is 638 g/mol. The number of hydrogen-bond donors (Lipinski definition) is 2. The van der Waals surface area contributed by atoms with Gasteiger partial charge in [0.1, 0.15) is 12.5 Å². The van der Waals surface area contributed by atoms with Gasteiger partial charge in [-0.1, -0.05) is 6.58 Å². The summed E-state index contributed by atoms with van der Waals surface area (Å²) in [7, 11) is 0.0643. The quantitative estimate of drug-likeness (QED) is 0.115. The molecule has 0 spiro atoms. The van der Waals surface area contributed by atoms with Crippen LogP contribution in [0.1, 0.15) is 41.5 Å². The highest BCUT2D eigenvalue weighted by Gasteiger charge is 2.38. The number of ether oxygens (including phenoxy) is 4. The molecule has 3 heterocycles. The number of benzene rings is 1. The summed E-state index contributed by atoms with van der Waals surface area (Å²) in [6.45, 7) is 12.6. The average molecular weight is 677 g/mol. The van der Waals surface area contributed by atoms with E-state index in [1.54, 1.807) is 46.8 Å². The summed E-state index contributed by atoms with van der Waals surface area (Å²) in [5, 5.41) is 5.67. The molecule has 1 aliphatic rings. The normalized spacial score (nSPS) is 14.9. The molecule has 1 amide bonds. The minimum atomic E-state index is -4.33. The first-order valence-corrected chi connectivity index (χ1v) is 15.6. The number of halogens is 1. The molecule has 0 fully saturated rings. The van der Waals surface area contributed by atoms with Crippen LogP contribution in [-0.4, -0.2) is 60.1 Å². The van der Waals surface area contributed by atoms with Crippen LogP contribution in [0, 0.1) is 5.82 Å². The number of allylic oxidation sites excluding steroid dienone is 1. The van der Waals surface area contributed by atoms with Gasteiger partial charge in [0.15, 0.2) is 40.3 Å². The number of carbonyl (C=O) groups is 1. The Labute approximate surface area is 272 Å². The lowest BCUT2D eigenvalue weighted by Gasteiger charge is -2.32. The van der Waals surface area contributed by atoms with E-state index in [0.717, 1.165) is 11.1 Å². The van der Waals surface area contributed by atoms with E-state index in [1.807, 2.05) is 0 Å². The number of carbonyl (C=O) groups excluding carboxylic acids is 1. The molecule has 0 radical (unpaired) electrons. The van der Waals surface area contributed by atoms with Crippen molar-refractivity contribution in [1.82, 2.24) is 15.0 Å². The van der Waals surface area contributed by atoms with Crippen molar-refractivity contribution >= 4 is 42.8 Å². The first-order chi connectivity index (χ1) is 22.0. The molecule has 47 heavy (non-hydrogen) atoms. The number of phosphoric acid groups is 1. The highest BCUT2D eigenvalue weighted by molar-refractivity contribution is 7.48. The van der Waals surface area contributed by atoms with Crippen LogP contribution in [-0.2, 0) is 22.9 Å². The van der Waals surface area contributed by atoms with Crippen LogP contribution in [0.2, 0.25) is 0 Å². The van der Waals surface area contributed by atoms with Crippen molar-refractivity contribution in [3.8, 4) is 23.0 Å². The van der Waals surface area contributed by atoms with Crippen molar-refractivity contribution in [2.75, 3.05) is 43.6 Å². The van der Waals surface area contributed by atoms with Gasteiger partial charge in [-0.05, 0) is 53.7 Å². The SMILES string of the molecule is C=C(C)OP(=O)(OCN(c1ccc2c(n1)NC(=O)C(C)(C)O2)c1nc(Nc2cc(OC)c(OC)c(OC)c2)ncc1F)OC(C)(C)C. The van der Waals surface area contributed by atoms with E-state index in [0.29, 0.717) is 22.9 Å². The number of nitrogens with zero attached hydrogens (tertiary/aromatic N) is 4. The van der Waals surface area contributed by atoms with E-state index in [9.17, 15) is 9.36 Å². The molecule has 2 N–H and O–H groups in total. The summed E-state index contributed by atoms with van der Waals surface area (Å²) < 4.78 is 68.0. The van der Waals surface area contributed by atoms with E-state index in [2.05, 4.69) is 32.2 Å². The predicted octanol–water partition coefficient (Wildman–Crippen LogP) is 6.48. The minimum absolute atomic E-state index is 0.0290. The van der Waals surface area contributed by atoms with Crippen LogP contribution in [0.5, 0.6) is 23.0 Å². The smallest absolute Gasteiger partial charge is 0.493 e. The largest absolute Gasteiger partial charge is 0.531 e. The first-order valence-electron chi connectivity index (χ1n) is 14.2. The van der Waals surface area contributed by atoms with E-state index in [4.69, 9.17) is 32.5 Å². The number of pyridine rings is 1. The molecule has 3 aromatic rings. The monoisotopic (exact) mass is 676 g/mol. The number of hydrogen-bond acceptors (Lipinski definition) is 14. The number of aromatic nitrogens is 3.